The first-order valence-electron chi connectivity index (χ1n) is 5.36. The summed E-state index contributed by atoms with van der Waals surface area (Å²) in [5.41, 5.74) is 0.319. The number of carbonyl (C=O) groups is 2. The molecule has 86 valence electrons. The highest BCUT2D eigenvalue weighted by atomic mass is 16.4. The van der Waals surface area contributed by atoms with Crippen LogP contribution in [0.4, 0.5) is 0 Å². The van der Waals surface area contributed by atoms with Crippen molar-refractivity contribution in [2.24, 2.45) is 11.3 Å². The topological polar surface area (TPSA) is 57.6 Å². The summed E-state index contributed by atoms with van der Waals surface area (Å²) < 4.78 is 0. The van der Waals surface area contributed by atoms with E-state index in [1.54, 1.807) is 0 Å². The van der Waals surface area contributed by atoms with Crippen molar-refractivity contribution in [2.75, 3.05) is 13.1 Å². The van der Waals surface area contributed by atoms with Crippen molar-refractivity contribution < 1.29 is 14.7 Å². The lowest BCUT2D eigenvalue weighted by Crippen LogP contribution is -2.38. The minimum Gasteiger partial charge on any atom is -0.480 e. The molecule has 1 N–H and O–H groups in total. The first-order chi connectivity index (χ1) is 6.95. The van der Waals surface area contributed by atoms with Crippen molar-refractivity contribution >= 4 is 12.4 Å². The third-order valence-electron chi connectivity index (χ3n) is 3.17. The zero-order valence-electron chi connectivity index (χ0n) is 9.40. The number of amides is 1. The fourth-order valence-corrected chi connectivity index (χ4v) is 2.58. The van der Waals surface area contributed by atoms with E-state index >= 15 is 0 Å². The highest BCUT2D eigenvalue weighted by Crippen LogP contribution is 2.47. The molecule has 0 spiro atoms. The SMILES string of the molecule is CC1CC(C)(CCN(C=O)CC(=O)O)C1. The van der Waals surface area contributed by atoms with E-state index in [1.165, 1.54) is 17.7 Å². The van der Waals surface area contributed by atoms with Crippen LogP contribution in [-0.4, -0.2) is 35.5 Å². The zero-order chi connectivity index (χ0) is 11.5. The molecule has 4 nitrogen and oxygen atoms in total. The van der Waals surface area contributed by atoms with Gasteiger partial charge in [0.2, 0.25) is 6.41 Å². The van der Waals surface area contributed by atoms with Gasteiger partial charge < -0.3 is 10.0 Å². The minimum absolute atomic E-state index is 0.185. The molecular formula is C11H19NO3. The Hall–Kier alpha value is -1.06. The molecule has 4 heteroatoms. The Kier molecular flexibility index (Phi) is 3.72. The average molecular weight is 213 g/mol. The van der Waals surface area contributed by atoms with E-state index in [1.807, 2.05) is 0 Å². The van der Waals surface area contributed by atoms with Gasteiger partial charge in [-0.15, -0.1) is 0 Å². The van der Waals surface area contributed by atoms with Gasteiger partial charge in [-0.3, -0.25) is 9.59 Å². The molecule has 0 aromatic carbocycles. The van der Waals surface area contributed by atoms with E-state index in [0.717, 1.165) is 12.3 Å². The van der Waals surface area contributed by atoms with Crippen LogP contribution in [0.2, 0.25) is 0 Å². The van der Waals surface area contributed by atoms with Crippen LogP contribution >= 0.6 is 0 Å². The third-order valence-corrected chi connectivity index (χ3v) is 3.17. The molecule has 0 heterocycles. The van der Waals surface area contributed by atoms with E-state index in [9.17, 15) is 9.59 Å². The largest absolute Gasteiger partial charge is 0.480 e. The van der Waals surface area contributed by atoms with Gasteiger partial charge in [0.1, 0.15) is 6.54 Å². The second-order valence-corrected chi connectivity index (χ2v) is 5.04. The van der Waals surface area contributed by atoms with Gasteiger partial charge in [0.25, 0.3) is 0 Å². The van der Waals surface area contributed by atoms with Crippen LogP contribution in [0.5, 0.6) is 0 Å². The van der Waals surface area contributed by atoms with E-state index in [2.05, 4.69) is 13.8 Å². The van der Waals surface area contributed by atoms with Gasteiger partial charge in [-0.1, -0.05) is 13.8 Å². The van der Waals surface area contributed by atoms with Crippen LogP contribution < -0.4 is 0 Å². The lowest BCUT2D eigenvalue weighted by Gasteiger charge is -2.44. The molecule has 1 aliphatic rings. The minimum atomic E-state index is -0.950. The summed E-state index contributed by atoms with van der Waals surface area (Å²) in [6.45, 7) is 4.79. The van der Waals surface area contributed by atoms with Crippen molar-refractivity contribution in [3.63, 3.8) is 0 Å². The molecular weight excluding hydrogens is 194 g/mol. The van der Waals surface area contributed by atoms with E-state index in [0.29, 0.717) is 18.4 Å². The van der Waals surface area contributed by atoms with E-state index < -0.39 is 5.97 Å². The summed E-state index contributed by atoms with van der Waals surface area (Å²) in [5, 5.41) is 8.56. The van der Waals surface area contributed by atoms with Crippen LogP contribution in [-0.2, 0) is 9.59 Å². The number of rotatable bonds is 6. The first kappa shape index (κ1) is 12.0. The van der Waals surface area contributed by atoms with Crippen LogP contribution in [0.25, 0.3) is 0 Å². The summed E-state index contributed by atoms with van der Waals surface area (Å²) in [5.74, 6) is -0.173. The van der Waals surface area contributed by atoms with Gasteiger partial charge in [-0.25, -0.2) is 0 Å². The van der Waals surface area contributed by atoms with Crippen LogP contribution in [0.3, 0.4) is 0 Å². The van der Waals surface area contributed by atoms with Crippen molar-refractivity contribution in [3.05, 3.63) is 0 Å². The van der Waals surface area contributed by atoms with Crippen LogP contribution in [0.1, 0.15) is 33.1 Å². The zero-order valence-corrected chi connectivity index (χ0v) is 9.40. The van der Waals surface area contributed by atoms with Crippen molar-refractivity contribution in [1.82, 2.24) is 4.90 Å². The maximum atomic E-state index is 10.6. The molecule has 0 unspecified atom stereocenters. The number of hydrogen-bond donors (Lipinski definition) is 1. The fraction of sp³-hybridized carbons (Fsp3) is 0.818. The van der Waals surface area contributed by atoms with Gasteiger partial charge >= 0.3 is 5.97 Å². The Morgan fingerprint density at radius 2 is 2.20 bits per heavy atom. The number of carboxylic acid groups (broad SMARTS) is 1. The first-order valence-corrected chi connectivity index (χ1v) is 5.36. The Morgan fingerprint density at radius 3 is 2.60 bits per heavy atom. The van der Waals surface area contributed by atoms with Gasteiger partial charge in [0, 0.05) is 6.54 Å². The molecule has 0 saturated heterocycles. The fourth-order valence-electron chi connectivity index (χ4n) is 2.58. The molecule has 1 aliphatic carbocycles. The Bertz CT molecular complexity index is 246. The maximum Gasteiger partial charge on any atom is 0.323 e. The number of hydrogen-bond acceptors (Lipinski definition) is 2. The summed E-state index contributed by atoms with van der Waals surface area (Å²) in [6.07, 6.45) is 3.91. The summed E-state index contributed by atoms with van der Waals surface area (Å²) in [7, 11) is 0. The second kappa shape index (κ2) is 4.64. The summed E-state index contributed by atoms with van der Waals surface area (Å²) in [4.78, 5) is 22.3. The molecule has 0 aliphatic heterocycles. The molecule has 0 bridgehead atoms. The lowest BCUT2D eigenvalue weighted by atomic mass is 9.62. The number of carboxylic acids is 1. The standard InChI is InChI=1S/C11H19NO3/c1-9-5-11(2,6-9)3-4-12(8-13)7-10(14)15/h8-9H,3-7H2,1-2H3,(H,14,15). The van der Waals surface area contributed by atoms with Gasteiger partial charge in [-0.05, 0) is 30.6 Å². The quantitative estimate of drug-likeness (QED) is 0.678. The predicted octanol–water partition coefficient (Wildman–Crippen LogP) is 1.36. The molecule has 0 aromatic rings. The number of carbonyl (C=O) groups excluding carboxylic acids is 1. The lowest BCUT2D eigenvalue weighted by molar-refractivity contribution is -0.141. The smallest absolute Gasteiger partial charge is 0.323 e. The molecule has 15 heavy (non-hydrogen) atoms. The molecule has 1 fully saturated rings. The Balaban J connectivity index is 2.28. The Labute approximate surface area is 90.3 Å². The van der Waals surface area contributed by atoms with Crippen molar-refractivity contribution in [3.8, 4) is 0 Å². The highest BCUT2D eigenvalue weighted by Gasteiger charge is 2.37. The van der Waals surface area contributed by atoms with Gasteiger partial charge in [-0.2, -0.15) is 0 Å². The molecule has 0 aromatic heterocycles. The van der Waals surface area contributed by atoms with Crippen LogP contribution in [0, 0.1) is 11.3 Å². The molecule has 1 saturated carbocycles. The van der Waals surface area contributed by atoms with E-state index in [-0.39, 0.29) is 6.54 Å². The number of nitrogens with zero attached hydrogens (tertiary/aromatic N) is 1. The highest BCUT2D eigenvalue weighted by molar-refractivity contribution is 5.71. The van der Waals surface area contributed by atoms with Crippen molar-refractivity contribution in [2.45, 2.75) is 33.1 Å². The maximum absolute atomic E-state index is 10.6. The normalized spacial score (nSPS) is 29.3. The van der Waals surface area contributed by atoms with Gasteiger partial charge in [0.15, 0.2) is 0 Å². The summed E-state index contributed by atoms with van der Waals surface area (Å²) >= 11 is 0. The monoisotopic (exact) mass is 213 g/mol. The van der Waals surface area contributed by atoms with Crippen LogP contribution in [0.15, 0.2) is 0 Å². The van der Waals surface area contributed by atoms with Crippen molar-refractivity contribution in [1.29, 1.82) is 0 Å². The molecule has 1 amide bonds. The molecule has 0 atom stereocenters. The Morgan fingerprint density at radius 1 is 1.60 bits per heavy atom. The van der Waals surface area contributed by atoms with Gasteiger partial charge in [0.05, 0.1) is 0 Å². The van der Waals surface area contributed by atoms with E-state index in [4.69, 9.17) is 5.11 Å². The summed E-state index contributed by atoms with van der Waals surface area (Å²) in [6, 6.07) is 0. The predicted molar refractivity (Wildman–Crippen MR) is 56.4 cm³/mol. The molecule has 1 rings (SSSR count). The molecule has 0 radical (unpaired) electrons. The third kappa shape index (κ3) is 3.53. The second-order valence-electron chi connectivity index (χ2n) is 5.04. The number of aliphatic carboxylic acids is 1. The average Bonchev–Trinajstić information content (AvgIpc) is 2.09.